The Morgan fingerprint density at radius 2 is 1.87 bits per heavy atom. The number of esters is 1. The Morgan fingerprint density at radius 3 is 2.43 bits per heavy atom. The van der Waals surface area contributed by atoms with Crippen LogP contribution in [-0.4, -0.2) is 57.5 Å². The highest BCUT2D eigenvalue weighted by Crippen LogP contribution is 2.22. The molecular weight excluding hydrogens is 314 g/mol. The zero-order chi connectivity index (χ0) is 16.9. The average Bonchev–Trinajstić information content (AvgIpc) is 2.54. The van der Waals surface area contributed by atoms with Crippen LogP contribution in [0.25, 0.3) is 0 Å². The highest BCUT2D eigenvalue weighted by Gasteiger charge is 2.34. The van der Waals surface area contributed by atoms with E-state index in [1.54, 1.807) is 0 Å². The second-order valence-corrected chi connectivity index (χ2v) is 8.57. The van der Waals surface area contributed by atoms with Crippen LogP contribution in [0, 0.1) is 5.92 Å². The molecule has 1 unspecified atom stereocenters. The monoisotopic (exact) mass is 339 g/mol. The summed E-state index contributed by atoms with van der Waals surface area (Å²) in [6, 6.07) is 9.46. The van der Waals surface area contributed by atoms with Crippen LogP contribution in [0.3, 0.4) is 0 Å². The van der Waals surface area contributed by atoms with Crippen LogP contribution in [0.1, 0.15) is 18.4 Å². The van der Waals surface area contributed by atoms with Gasteiger partial charge in [-0.15, -0.1) is 0 Å². The van der Waals surface area contributed by atoms with E-state index in [2.05, 4.69) is 4.90 Å². The van der Waals surface area contributed by atoms with Crippen molar-refractivity contribution in [3.63, 3.8) is 0 Å². The molecule has 23 heavy (non-hydrogen) atoms. The maximum atomic E-state index is 12.7. The molecule has 0 bridgehead atoms. The number of nitrogens with zero attached hydrogens (tertiary/aromatic N) is 1. The minimum atomic E-state index is -3.31. The number of hydrogen-bond donors (Lipinski definition) is 0. The third-order valence-electron chi connectivity index (χ3n) is 4.47. The lowest BCUT2D eigenvalue weighted by molar-refractivity contribution is -0.144. The van der Waals surface area contributed by atoms with E-state index in [0.29, 0.717) is 19.3 Å². The van der Waals surface area contributed by atoms with Gasteiger partial charge in [-0.3, -0.25) is 4.79 Å². The first-order valence-corrected chi connectivity index (χ1v) is 9.66. The molecule has 128 valence electrons. The molecule has 1 aromatic rings. The molecule has 6 heteroatoms. The number of likely N-dealkylation sites (tertiary alicyclic amines) is 1. The summed E-state index contributed by atoms with van der Waals surface area (Å²) in [7, 11) is -0.00511. The third-order valence-corrected chi connectivity index (χ3v) is 6.82. The molecule has 1 fully saturated rings. The largest absolute Gasteiger partial charge is 0.469 e. The van der Waals surface area contributed by atoms with Gasteiger partial charge in [0.15, 0.2) is 9.84 Å². The summed E-state index contributed by atoms with van der Waals surface area (Å²) < 4.78 is 30.2. The fraction of sp³-hybridized carbons (Fsp3) is 0.588. The van der Waals surface area contributed by atoms with Crippen LogP contribution in [-0.2, 0) is 25.8 Å². The van der Waals surface area contributed by atoms with E-state index in [9.17, 15) is 13.2 Å². The Kier molecular flexibility index (Phi) is 6.18. The van der Waals surface area contributed by atoms with E-state index >= 15 is 0 Å². The summed E-state index contributed by atoms with van der Waals surface area (Å²) in [6.07, 6.45) is 1.66. The van der Waals surface area contributed by atoms with Gasteiger partial charge in [-0.1, -0.05) is 30.3 Å². The fourth-order valence-corrected chi connectivity index (χ4v) is 5.05. The lowest BCUT2D eigenvalue weighted by atomic mass is 10.0. The quantitative estimate of drug-likeness (QED) is 0.736. The van der Waals surface area contributed by atoms with Gasteiger partial charge in [0.2, 0.25) is 0 Å². The predicted octanol–water partition coefficient (Wildman–Crippen LogP) is 1.53. The molecular formula is C17H25NO4S. The van der Waals surface area contributed by atoms with Crippen molar-refractivity contribution in [1.82, 2.24) is 4.90 Å². The molecule has 0 spiro atoms. The number of piperidine rings is 1. The molecule has 1 heterocycles. The van der Waals surface area contributed by atoms with Crippen molar-refractivity contribution in [2.75, 3.05) is 33.0 Å². The van der Waals surface area contributed by atoms with Crippen LogP contribution in [0.2, 0.25) is 0 Å². The molecule has 5 nitrogen and oxygen atoms in total. The number of benzene rings is 1. The van der Waals surface area contributed by atoms with E-state index in [1.807, 2.05) is 37.4 Å². The minimum absolute atomic E-state index is 0.136. The van der Waals surface area contributed by atoms with Crippen molar-refractivity contribution in [3.05, 3.63) is 35.9 Å². The van der Waals surface area contributed by atoms with Gasteiger partial charge in [0, 0.05) is 0 Å². The van der Waals surface area contributed by atoms with Crippen LogP contribution in [0.4, 0.5) is 0 Å². The fourth-order valence-electron chi connectivity index (χ4n) is 3.04. The van der Waals surface area contributed by atoms with Gasteiger partial charge in [0.25, 0.3) is 0 Å². The van der Waals surface area contributed by atoms with E-state index in [0.717, 1.165) is 18.7 Å². The topological polar surface area (TPSA) is 63.7 Å². The zero-order valence-corrected chi connectivity index (χ0v) is 14.6. The minimum Gasteiger partial charge on any atom is -0.469 e. The van der Waals surface area contributed by atoms with Crippen molar-refractivity contribution in [2.45, 2.75) is 24.5 Å². The van der Waals surface area contributed by atoms with Gasteiger partial charge in [0.1, 0.15) is 0 Å². The second kappa shape index (κ2) is 7.93. The first-order chi connectivity index (χ1) is 10.9. The lowest BCUT2D eigenvalue weighted by Gasteiger charge is -2.29. The summed E-state index contributed by atoms with van der Waals surface area (Å²) >= 11 is 0. The van der Waals surface area contributed by atoms with Crippen LogP contribution in [0.5, 0.6) is 0 Å². The normalized spacial score (nSPS) is 18.5. The van der Waals surface area contributed by atoms with Crippen molar-refractivity contribution in [2.24, 2.45) is 5.92 Å². The molecule has 0 saturated carbocycles. The number of hydrogen-bond acceptors (Lipinski definition) is 5. The highest BCUT2D eigenvalue weighted by molar-refractivity contribution is 7.92. The summed E-state index contributed by atoms with van der Waals surface area (Å²) in [5.74, 6) is -1.24. The highest BCUT2D eigenvalue weighted by atomic mass is 32.2. The van der Waals surface area contributed by atoms with Gasteiger partial charge < -0.3 is 9.64 Å². The number of sulfone groups is 1. The molecule has 0 aliphatic carbocycles. The van der Waals surface area contributed by atoms with Gasteiger partial charge in [-0.2, -0.15) is 0 Å². The molecule has 0 amide bonds. The van der Waals surface area contributed by atoms with Crippen molar-refractivity contribution >= 4 is 15.8 Å². The van der Waals surface area contributed by atoms with E-state index < -0.39 is 21.7 Å². The summed E-state index contributed by atoms with van der Waals surface area (Å²) in [4.78, 5) is 14.2. The molecule has 1 atom stereocenters. The molecule has 0 aromatic heterocycles. The summed E-state index contributed by atoms with van der Waals surface area (Å²) in [5.41, 5.74) is 0.946. The van der Waals surface area contributed by atoms with Crippen molar-refractivity contribution < 1.29 is 17.9 Å². The smallest absolute Gasteiger partial charge is 0.310 e. The van der Waals surface area contributed by atoms with Crippen molar-refractivity contribution in [1.29, 1.82) is 0 Å². The average molecular weight is 339 g/mol. The number of methoxy groups -OCH3 is 1. The SMILES string of the molecule is COC(=O)C(Cc1ccccc1)CS(=O)(=O)C1CCN(C)CC1. The molecule has 1 saturated heterocycles. The standard InChI is InChI=1S/C17H25NO4S/c1-18-10-8-16(9-11-18)23(20,21)13-15(17(19)22-2)12-14-6-4-3-5-7-14/h3-7,15-16H,8-13H2,1-2H3. The number of carbonyl (C=O) groups is 1. The van der Waals surface area contributed by atoms with Gasteiger partial charge >= 0.3 is 5.97 Å². The lowest BCUT2D eigenvalue weighted by Crippen LogP contribution is -2.40. The summed E-state index contributed by atoms with van der Waals surface area (Å²) in [5, 5.41) is -0.346. The Morgan fingerprint density at radius 1 is 1.26 bits per heavy atom. The predicted molar refractivity (Wildman–Crippen MR) is 90.0 cm³/mol. The Hall–Kier alpha value is -1.40. The Labute approximate surface area is 138 Å². The molecule has 0 radical (unpaired) electrons. The number of carbonyl (C=O) groups excluding carboxylic acids is 1. The third kappa shape index (κ3) is 5.04. The molecule has 1 aliphatic heterocycles. The molecule has 1 aliphatic rings. The zero-order valence-electron chi connectivity index (χ0n) is 13.8. The van der Waals surface area contributed by atoms with E-state index in [-0.39, 0.29) is 11.0 Å². The number of ether oxygens (including phenoxy) is 1. The van der Waals surface area contributed by atoms with E-state index in [4.69, 9.17) is 4.74 Å². The maximum Gasteiger partial charge on any atom is 0.310 e. The van der Waals surface area contributed by atoms with Gasteiger partial charge in [0.05, 0.1) is 24.0 Å². The summed E-state index contributed by atoms with van der Waals surface area (Å²) in [6.45, 7) is 1.57. The van der Waals surface area contributed by atoms with Crippen LogP contribution >= 0.6 is 0 Å². The molecule has 1 aromatic carbocycles. The van der Waals surface area contributed by atoms with Crippen LogP contribution < -0.4 is 0 Å². The van der Waals surface area contributed by atoms with Crippen LogP contribution in [0.15, 0.2) is 30.3 Å². The van der Waals surface area contributed by atoms with E-state index in [1.165, 1.54) is 7.11 Å². The first-order valence-electron chi connectivity index (χ1n) is 7.94. The Balaban J connectivity index is 2.09. The van der Waals surface area contributed by atoms with Crippen molar-refractivity contribution in [3.8, 4) is 0 Å². The number of rotatable bonds is 6. The molecule has 0 N–H and O–H groups in total. The second-order valence-electron chi connectivity index (χ2n) is 6.24. The molecule has 2 rings (SSSR count). The first kappa shape index (κ1) is 17.9. The maximum absolute atomic E-state index is 12.7. The Bertz CT molecular complexity index is 607. The van der Waals surface area contributed by atoms with Gasteiger partial charge in [-0.05, 0) is 45.0 Å². The van der Waals surface area contributed by atoms with Gasteiger partial charge in [-0.25, -0.2) is 8.42 Å².